The number of aromatic nitrogens is 1. The summed E-state index contributed by atoms with van der Waals surface area (Å²) >= 11 is 0. The van der Waals surface area contributed by atoms with Gasteiger partial charge in [-0.2, -0.15) is 0 Å². The smallest absolute Gasteiger partial charge is 0.291 e. The first-order chi connectivity index (χ1) is 8.45. The second kappa shape index (κ2) is 4.72. The Morgan fingerprint density at radius 2 is 2.00 bits per heavy atom. The molecule has 0 saturated carbocycles. The predicted molar refractivity (Wildman–Crippen MR) is 68.6 cm³/mol. The molecular formula is C13H21N3O2. The van der Waals surface area contributed by atoms with Crippen molar-refractivity contribution in [3.05, 3.63) is 17.3 Å². The number of piperidine rings is 1. The Balaban J connectivity index is 2.06. The molecule has 2 rings (SSSR count). The molecule has 100 valence electrons. The van der Waals surface area contributed by atoms with Crippen LogP contribution in [0.4, 0.5) is 0 Å². The Bertz CT molecular complexity index is 445. The maximum atomic E-state index is 12.3. The standard InChI is InChI=1S/C13H21N3O2/c1-9-11(18-10(2)15-9)12(17)16-7-5-13(3,14-4)6-8-16/h14H,5-8H2,1-4H3. The van der Waals surface area contributed by atoms with Gasteiger partial charge in [0.25, 0.3) is 5.91 Å². The van der Waals surface area contributed by atoms with Gasteiger partial charge in [0, 0.05) is 25.6 Å². The zero-order valence-electron chi connectivity index (χ0n) is 11.5. The van der Waals surface area contributed by atoms with Crippen LogP contribution in [-0.2, 0) is 0 Å². The van der Waals surface area contributed by atoms with Crippen LogP contribution in [0.15, 0.2) is 4.42 Å². The van der Waals surface area contributed by atoms with E-state index in [-0.39, 0.29) is 11.4 Å². The molecule has 0 aliphatic carbocycles. The lowest BCUT2D eigenvalue weighted by Crippen LogP contribution is -2.51. The van der Waals surface area contributed by atoms with Crippen LogP contribution in [0.2, 0.25) is 0 Å². The summed E-state index contributed by atoms with van der Waals surface area (Å²) in [7, 11) is 1.97. The van der Waals surface area contributed by atoms with Crippen molar-refractivity contribution >= 4 is 5.91 Å². The summed E-state index contributed by atoms with van der Waals surface area (Å²) in [5.41, 5.74) is 0.822. The molecule has 0 unspecified atom stereocenters. The van der Waals surface area contributed by atoms with E-state index in [0.29, 0.717) is 17.3 Å². The fourth-order valence-electron chi connectivity index (χ4n) is 2.33. The zero-order valence-corrected chi connectivity index (χ0v) is 11.5. The van der Waals surface area contributed by atoms with E-state index in [0.717, 1.165) is 25.9 Å². The van der Waals surface area contributed by atoms with Gasteiger partial charge in [-0.25, -0.2) is 4.98 Å². The molecular weight excluding hydrogens is 230 g/mol. The molecule has 1 saturated heterocycles. The highest BCUT2D eigenvalue weighted by molar-refractivity contribution is 5.92. The second-order valence-electron chi connectivity index (χ2n) is 5.25. The number of nitrogens with zero attached hydrogens (tertiary/aromatic N) is 2. The lowest BCUT2D eigenvalue weighted by atomic mass is 9.90. The third-order valence-corrected chi connectivity index (χ3v) is 3.86. The molecule has 5 nitrogen and oxygen atoms in total. The topological polar surface area (TPSA) is 58.4 Å². The van der Waals surface area contributed by atoms with Gasteiger partial charge in [0.1, 0.15) is 0 Å². The van der Waals surface area contributed by atoms with Crippen LogP contribution in [0.3, 0.4) is 0 Å². The lowest BCUT2D eigenvalue weighted by molar-refractivity contribution is 0.0628. The molecule has 0 bridgehead atoms. The first-order valence-corrected chi connectivity index (χ1v) is 6.37. The maximum Gasteiger partial charge on any atom is 0.291 e. The van der Waals surface area contributed by atoms with Crippen LogP contribution >= 0.6 is 0 Å². The van der Waals surface area contributed by atoms with Gasteiger partial charge in [-0.15, -0.1) is 0 Å². The minimum Gasteiger partial charge on any atom is -0.436 e. The van der Waals surface area contributed by atoms with Gasteiger partial charge in [0.05, 0.1) is 5.69 Å². The molecule has 1 N–H and O–H groups in total. The average molecular weight is 251 g/mol. The van der Waals surface area contributed by atoms with E-state index in [1.54, 1.807) is 6.92 Å². The van der Waals surface area contributed by atoms with Crippen LogP contribution in [-0.4, -0.2) is 41.5 Å². The van der Waals surface area contributed by atoms with Gasteiger partial charge in [0.15, 0.2) is 5.89 Å². The van der Waals surface area contributed by atoms with Gasteiger partial charge < -0.3 is 14.6 Å². The number of hydrogen-bond donors (Lipinski definition) is 1. The first kappa shape index (κ1) is 13.1. The summed E-state index contributed by atoms with van der Waals surface area (Å²) in [4.78, 5) is 18.3. The molecule has 1 aromatic heterocycles. The van der Waals surface area contributed by atoms with Crippen LogP contribution in [0.5, 0.6) is 0 Å². The number of oxazole rings is 1. The predicted octanol–water partition coefficient (Wildman–Crippen LogP) is 1.51. The fourth-order valence-corrected chi connectivity index (χ4v) is 2.33. The van der Waals surface area contributed by atoms with Gasteiger partial charge in [-0.05, 0) is 33.7 Å². The molecule has 1 aromatic rings. The van der Waals surface area contributed by atoms with Crippen LogP contribution in [0, 0.1) is 13.8 Å². The number of carbonyl (C=O) groups excluding carboxylic acids is 1. The number of hydrogen-bond acceptors (Lipinski definition) is 4. The van der Waals surface area contributed by atoms with Gasteiger partial charge in [-0.3, -0.25) is 4.79 Å². The van der Waals surface area contributed by atoms with E-state index in [1.165, 1.54) is 0 Å². The Labute approximate surface area is 108 Å². The first-order valence-electron chi connectivity index (χ1n) is 6.37. The van der Waals surface area contributed by atoms with Crippen molar-refractivity contribution in [2.24, 2.45) is 0 Å². The van der Waals surface area contributed by atoms with Crippen molar-refractivity contribution < 1.29 is 9.21 Å². The molecule has 1 amide bonds. The van der Waals surface area contributed by atoms with E-state index in [1.807, 2.05) is 18.9 Å². The van der Waals surface area contributed by atoms with E-state index >= 15 is 0 Å². The Morgan fingerprint density at radius 1 is 1.39 bits per heavy atom. The van der Waals surface area contributed by atoms with Crippen molar-refractivity contribution in [2.75, 3.05) is 20.1 Å². The van der Waals surface area contributed by atoms with Crippen LogP contribution in [0.1, 0.15) is 41.9 Å². The van der Waals surface area contributed by atoms with Crippen molar-refractivity contribution in [1.29, 1.82) is 0 Å². The molecule has 5 heteroatoms. The summed E-state index contributed by atoms with van der Waals surface area (Å²) in [5.74, 6) is 0.903. The number of aryl methyl sites for hydroxylation is 2. The quantitative estimate of drug-likeness (QED) is 0.865. The number of amides is 1. The summed E-state index contributed by atoms with van der Waals surface area (Å²) < 4.78 is 5.39. The molecule has 1 aliphatic heterocycles. The SMILES string of the molecule is CNC1(C)CCN(C(=O)c2oc(C)nc2C)CC1. The summed E-state index contributed by atoms with van der Waals surface area (Å²) in [6.45, 7) is 7.28. The molecule has 0 radical (unpaired) electrons. The van der Waals surface area contributed by atoms with Crippen molar-refractivity contribution in [1.82, 2.24) is 15.2 Å². The molecule has 1 aliphatic rings. The van der Waals surface area contributed by atoms with Gasteiger partial charge in [-0.1, -0.05) is 0 Å². The summed E-state index contributed by atoms with van der Waals surface area (Å²) in [5, 5.41) is 3.32. The van der Waals surface area contributed by atoms with Gasteiger partial charge >= 0.3 is 0 Å². The normalized spacial score (nSPS) is 19.0. The largest absolute Gasteiger partial charge is 0.436 e. The highest BCUT2D eigenvalue weighted by Gasteiger charge is 2.32. The molecule has 18 heavy (non-hydrogen) atoms. The van der Waals surface area contributed by atoms with E-state index in [4.69, 9.17) is 4.42 Å². The van der Waals surface area contributed by atoms with Crippen molar-refractivity contribution in [2.45, 2.75) is 39.2 Å². The highest BCUT2D eigenvalue weighted by atomic mass is 16.4. The fraction of sp³-hybridized carbons (Fsp3) is 0.692. The Morgan fingerprint density at radius 3 is 2.44 bits per heavy atom. The Hall–Kier alpha value is -1.36. The molecule has 0 aromatic carbocycles. The third kappa shape index (κ3) is 2.41. The molecule has 0 atom stereocenters. The van der Waals surface area contributed by atoms with E-state index < -0.39 is 0 Å². The summed E-state index contributed by atoms with van der Waals surface area (Å²) in [6, 6.07) is 0. The van der Waals surface area contributed by atoms with E-state index in [2.05, 4.69) is 17.2 Å². The lowest BCUT2D eigenvalue weighted by Gasteiger charge is -2.39. The molecule has 2 heterocycles. The number of nitrogens with one attached hydrogen (secondary N) is 1. The van der Waals surface area contributed by atoms with Crippen LogP contribution < -0.4 is 5.32 Å². The van der Waals surface area contributed by atoms with Crippen LogP contribution in [0.25, 0.3) is 0 Å². The van der Waals surface area contributed by atoms with Gasteiger partial charge in [0.2, 0.25) is 5.76 Å². The number of carbonyl (C=O) groups is 1. The second-order valence-corrected chi connectivity index (χ2v) is 5.25. The highest BCUT2D eigenvalue weighted by Crippen LogP contribution is 2.23. The number of rotatable bonds is 2. The summed E-state index contributed by atoms with van der Waals surface area (Å²) in [6.07, 6.45) is 1.92. The maximum absolute atomic E-state index is 12.3. The number of likely N-dealkylation sites (tertiary alicyclic amines) is 1. The average Bonchev–Trinajstić information content (AvgIpc) is 2.69. The molecule has 1 fully saturated rings. The molecule has 0 spiro atoms. The zero-order chi connectivity index (χ0) is 13.3. The minimum atomic E-state index is -0.0359. The monoisotopic (exact) mass is 251 g/mol. The Kier molecular flexibility index (Phi) is 3.43. The van der Waals surface area contributed by atoms with E-state index in [9.17, 15) is 4.79 Å². The minimum absolute atomic E-state index is 0.0359. The van der Waals surface area contributed by atoms with Crippen molar-refractivity contribution in [3.8, 4) is 0 Å². The third-order valence-electron chi connectivity index (χ3n) is 3.86. The van der Waals surface area contributed by atoms with Crippen molar-refractivity contribution in [3.63, 3.8) is 0 Å².